The zero-order valence-corrected chi connectivity index (χ0v) is 19.5. The predicted molar refractivity (Wildman–Crippen MR) is 125 cm³/mol. The van der Waals surface area contributed by atoms with Crippen LogP contribution in [0.1, 0.15) is 44.1 Å². The lowest BCUT2D eigenvalue weighted by Gasteiger charge is -2.36. The molecule has 0 aliphatic carbocycles. The Hall–Kier alpha value is -2.71. The number of hydrogen-bond donors (Lipinski definition) is 2. The fraction of sp³-hybridized carbons (Fsp3) is 0.577. The van der Waals surface area contributed by atoms with Crippen molar-refractivity contribution in [2.45, 2.75) is 62.8 Å². The molecule has 2 bridgehead atoms. The van der Waals surface area contributed by atoms with Crippen molar-refractivity contribution >= 4 is 17.8 Å². The van der Waals surface area contributed by atoms with Crippen LogP contribution in [0.15, 0.2) is 43.0 Å². The van der Waals surface area contributed by atoms with Crippen LogP contribution in [0.2, 0.25) is 0 Å². The number of carboxylic acid groups (broad SMARTS) is 1. The van der Waals surface area contributed by atoms with Gasteiger partial charge in [-0.1, -0.05) is 49.2 Å². The first-order chi connectivity index (χ1) is 16.4. The molecule has 1 spiro atoms. The van der Waals surface area contributed by atoms with E-state index in [4.69, 9.17) is 9.84 Å². The van der Waals surface area contributed by atoms with E-state index in [1.807, 2.05) is 30.3 Å². The molecule has 0 radical (unpaired) electrons. The molecule has 0 aromatic heterocycles. The van der Waals surface area contributed by atoms with Crippen molar-refractivity contribution in [2.24, 2.45) is 11.8 Å². The molecular formula is C26H34N2O6. The Kier molecular flexibility index (Phi) is 7.38. The van der Waals surface area contributed by atoms with E-state index in [-0.39, 0.29) is 18.4 Å². The average Bonchev–Trinajstić information content (AvgIpc) is 3.46. The molecule has 2 N–H and O–H groups in total. The molecule has 1 aromatic rings. The van der Waals surface area contributed by atoms with Crippen LogP contribution in [0.25, 0.3) is 0 Å². The van der Waals surface area contributed by atoms with E-state index in [9.17, 15) is 19.5 Å². The molecule has 34 heavy (non-hydrogen) atoms. The molecule has 3 aliphatic heterocycles. The Bertz CT molecular complexity index is 921. The largest absolute Gasteiger partial charge is 0.481 e. The molecule has 2 amide bonds. The first-order valence-corrected chi connectivity index (χ1v) is 12.2. The number of carbonyl (C=O) groups is 3. The second-order valence-electron chi connectivity index (χ2n) is 9.56. The van der Waals surface area contributed by atoms with Crippen LogP contribution in [0.4, 0.5) is 0 Å². The second kappa shape index (κ2) is 10.3. The number of carboxylic acids is 1. The molecule has 1 aromatic carbocycles. The van der Waals surface area contributed by atoms with Gasteiger partial charge in [-0.3, -0.25) is 14.4 Å². The van der Waals surface area contributed by atoms with Crippen molar-refractivity contribution in [3.8, 4) is 0 Å². The van der Waals surface area contributed by atoms with Gasteiger partial charge in [-0.2, -0.15) is 0 Å². The van der Waals surface area contributed by atoms with E-state index in [1.54, 1.807) is 15.9 Å². The number of ether oxygens (including phenoxy) is 1. The molecule has 3 saturated heterocycles. The lowest BCUT2D eigenvalue weighted by molar-refractivity contribution is -0.151. The van der Waals surface area contributed by atoms with Gasteiger partial charge in [0.2, 0.25) is 11.8 Å². The Morgan fingerprint density at radius 3 is 2.62 bits per heavy atom. The summed E-state index contributed by atoms with van der Waals surface area (Å²) in [5, 5.41) is 18.9. The summed E-state index contributed by atoms with van der Waals surface area (Å²) in [5.74, 6) is -3.29. The number of aliphatic hydroxyl groups is 1. The van der Waals surface area contributed by atoms with Crippen LogP contribution in [0, 0.1) is 11.8 Å². The monoisotopic (exact) mass is 470 g/mol. The smallest absolute Gasteiger partial charge is 0.310 e. The topological polar surface area (TPSA) is 107 Å². The molecular weight excluding hydrogens is 436 g/mol. The lowest BCUT2D eigenvalue weighted by Crippen LogP contribution is -2.56. The van der Waals surface area contributed by atoms with Gasteiger partial charge in [0.05, 0.1) is 17.9 Å². The third-order valence-corrected chi connectivity index (χ3v) is 7.50. The molecule has 3 aliphatic rings. The van der Waals surface area contributed by atoms with E-state index in [1.165, 1.54) is 0 Å². The Labute approximate surface area is 200 Å². The van der Waals surface area contributed by atoms with Crippen LogP contribution in [-0.4, -0.2) is 75.2 Å². The highest BCUT2D eigenvalue weighted by Crippen LogP contribution is 2.58. The van der Waals surface area contributed by atoms with Crippen LogP contribution in [0.5, 0.6) is 0 Å². The summed E-state index contributed by atoms with van der Waals surface area (Å²) in [4.78, 5) is 43.0. The number of unbranched alkanes of at least 4 members (excludes halogenated alkanes) is 3. The van der Waals surface area contributed by atoms with Crippen molar-refractivity contribution in [2.75, 3.05) is 19.7 Å². The van der Waals surface area contributed by atoms with Crippen LogP contribution < -0.4 is 0 Å². The standard InChI is InChI=1S/C26H34N2O6/c1-2-14-27(17-18-10-6-5-7-11-18)24(31)22-26-13-12-19(34-26)20(25(32)33)21(26)23(30)28(22)15-8-3-4-9-16-29/h2,5-7,10-11,19-22,29H,1,3-4,8-9,12-17H2,(H,32,33)/t19-,20+,21+,22?,26?/m1/s1. The van der Waals surface area contributed by atoms with Crippen molar-refractivity contribution in [1.82, 2.24) is 9.80 Å². The first-order valence-electron chi connectivity index (χ1n) is 12.2. The Morgan fingerprint density at radius 2 is 1.94 bits per heavy atom. The Balaban J connectivity index is 1.64. The first kappa shape index (κ1) is 24.4. The second-order valence-corrected chi connectivity index (χ2v) is 9.56. The summed E-state index contributed by atoms with van der Waals surface area (Å²) < 4.78 is 6.27. The predicted octanol–water partition coefficient (Wildman–Crippen LogP) is 2.21. The van der Waals surface area contributed by atoms with Gasteiger partial charge in [0, 0.05) is 26.2 Å². The molecule has 4 rings (SSSR count). The molecule has 2 unspecified atom stereocenters. The number of aliphatic carboxylic acids is 1. The fourth-order valence-electron chi connectivity index (χ4n) is 6.07. The maximum absolute atomic E-state index is 14.1. The molecule has 3 fully saturated rings. The zero-order valence-electron chi connectivity index (χ0n) is 19.5. The summed E-state index contributed by atoms with van der Waals surface area (Å²) in [6, 6.07) is 8.79. The number of benzene rings is 1. The number of carbonyl (C=O) groups excluding carboxylic acids is 2. The zero-order chi connectivity index (χ0) is 24.3. The number of likely N-dealkylation sites (tertiary alicyclic amines) is 1. The molecule has 8 heteroatoms. The number of aliphatic hydroxyl groups excluding tert-OH is 1. The normalized spacial score (nSPS) is 29.3. The van der Waals surface area contributed by atoms with Gasteiger partial charge in [-0.15, -0.1) is 6.58 Å². The summed E-state index contributed by atoms with van der Waals surface area (Å²) >= 11 is 0. The summed E-state index contributed by atoms with van der Waals surface area (Å²) in [6.07, 6.45) is 5.19. The van der Waals surface area contributed by atoms with E-state index in [2.05, 4.69) is 6.58 Å². The Morgan fingerprint density at radius 1 is 1.21 bits per heavy atom. The van der Waals surface area contributed by atoms with Crippen molar-refractivity contribution < 1.29 is 29.3 Å². The van der Waals surface area contributed by atoms with Crippen molar-refractivity contribution in [1.29, 1.82) is 0 Å². The maximum atomic E-state index is 14.1. The highest BCUT2D eigenvalue weighted by Gasteiger charge is 2.74. The maximum Gasteiger partial charge on any atom is 0.310 e. The van der Waals surface area contributed by atoms with Crippen molar-refractivity contribution in [3.05, 3.63) is 48.6 Å². The summed E-state index contributed by atoms with van der Waals surface area (Å²) in [6.45, 7) is 4.98. The van der Waals surface area contributed by atoms with E-state index < -0.39 is 35.6 Å². The lowest BCUT2D eigenvalue weighted by atomic mass is 9.70. The number of fused-ring (bicyclic) bond motifs is 1. The number of amides is 2. The molecule has 8 nitrogen and oxygen atoms in total. The number of nitrogens with zero attached hydrogens (tertiary/aromatic N) is 2. The molecule has 3 heterocycles. The number of hydrogen-bond acceptors (Lipinski definition) is 5. The molecule has 184 valence electrons. The number of rotatable bonds is 12. The van der Waals surface area contributed by atoms with Gasteiger partial charge >= 0.3 is 5.97 Å². The van der Waals surface area contributed by atoms with E-state index in [0.29, 0.717) is 45.3 Å². The SMILES string of the molecule is C=CCN(Cc1ccccc1)C(=O)C1N(CCCCCCO)C(=O)[C@@H]2[C@@H](C(=O)O)[C@H]3CCC12O3. The third-order valence-electron chi connectivity index (χ3n) is 7.50. The minimum absolute atomic E-state index is 0.125. The third kappa shape index (κ3) is 4.25. The van der Waals surface area contributed by atoms with Crippen molar-refractivity contribution in [3.63, 3.8) is 0 Å². The highest BCUT2D eigenvalue weighted by molar-refractivity contribution is 5.98. The van der Waals surface area contributed by atoms with Crippen LogP contribution in [0.3, 0.4) is 0 Å². The van der Waals surface area contributed by atoms with Crippen LogP contribution in [-0.2, 0) is 25.7 Å². The summed E-state index contributed by atoms with van der Waals surface area (Å²) in [7, 11) is 0. The molecule has 5 atom stereocenters. The highest BCUT2D eigenvalue weighted by atomic mass is 16.5. The van der Waals surface area contributed by atoms with E-state index >= 15 is 0 Å². The fourth-order valence-corrected chi connectivity index (χ4v) is 6.07. The minimum Gasteiger partial charge on any atom is -0.481 e. The van der Waals surface area contributed by atoms with E-state index in [0.717, 1.165) is 18.4 Å². The van der Waals surface area contributed by atoms with Gasteiger partial charge in [0.1, 0.15) is 11.6 Å². The van der Waals surface area contributed by atoms with Gasteiger partial charge in [-0.25, -0.2) is 0 Å². The molecule has 0 saturated carbocycles. The van der Waals surface area contributed by atoms with Gasteiger partial charge < -0.3 is 24.7 Å². The minimum atomic E-state index is -1.09. The van der Waals surface area contributed by atoms with Gasteiger partial charge in [0.25, 0.3) is 0 Å². The average molecular weight is 471 g/mol. The van der Waals surface area contributed by atoms with Gasteiger partial charge in [-0.05, 0) is 31.2 Å². The quantitative estimate of drug-likeness (QED) is 0.358. The van der Waals surface area contributed by atoms with Crippen LogP contribution >= 0.6 is 0 Å². The van der Waals surface area contributed by atoms with Gasteiger partial charge in [0.15, 0.2) is 0 Å². The summed E-state index contributed by atoms with van der Waals surface area (Å²) in [5.41, 5.74) is -0.130.